The second kappa shape index (κ2) is 8.35. The topological polar surface area (TPSA) is 72.7 Å². The Bertz CT molecular complexity index is 967. The third kappa shape index (κ3) is 4.36. The van der Waals surface area contributed by atoms with Gasteiger partial charge in [-0.3, -0.25) is 9.48 Å². The van der Waals surface area contributed by atoms with Crippen LogP contribution in [0.1, 0.15) is 23.7 Å². The zero-order valence-electron chi connectivity index (χ0n) is 16.0. The van der Waals surface area contributed by atoms with E-state index in [2.05, 4.69) is 27.3 Å². The van der Waals surface area contributed by atoms with Crippen LogP contribution in [0.4, 0.5) is 5.69 Å². The lowest BCUT2D eigenvalue weighted by Gasteiger charge is -2.10. The van der Waals surface area contributed by atoms with Crippen molar-refractivity contribution in [1.82, 2.24) is 19.7 Å². The van der Waals surface area contributed by atoms with Crippen molar-refractivity contribution in [3.05, 3.63) is 53.5 Å². The van der Waals surface area contributed by atoms with E-state index < -0.39 is 0 Å². The van der Waals surface area contributed by atoms with Crippen molar-refractivity contribution in [3.63, 3.8) is 0 Å². The van der Waals surface area contributed by atoms with Gasteiger partial charge < -0.3 is 5.32 Å². The number of nitrogens with zero attached hydrogens (tertiary/aromatic N) is 4. The Hall–Kier alpha value is -2.67. The normalized spacial score (nSPS) is 10.8. The standard InChI is InChI=1S/C20H23N5OS/c1-5-25-15(4)16(11-22-25)18-9-10-21-20(24-18)27-12-19(26)23-17-8-6-7-13(2)14(17)3/h6-11H,5,12H2,1-4H3,(H,23,26). The number of rotatable bonds is 6. The van der Waals surface area contributed by atoms with Gasteiger partial charge in [0.2, 0.25) is 5.91 Å². The lowest BCUT2D eigenvalue weighted by molar-refractivity contribution is -0.113. The molecule has 140 valence electrons. The van der Waals surface area contributed by atoms with E-state index in [0.717, 1.165) is 40.3 Å². The first kappa shape index (κ1) is 19.1. The zero-order valence-corrected chi connectivity index (χ0v) is 16.8. The van der Waals surface area contributed by atoms with Crippen LogP contribution in [0, 0.1) is 20.8 Å². The number of benzene rings is 1. The van der Waals surface area contributed by atoms with Gasteiger partial charge in [0.1, 0.15) is 0 Å². The van der Waals surface area contributed by atoms with Crippen molar-refractivity contribution in [2.45, 2.75) is 39.4 Å². The fourth-order valence-electron chi connectivity index (χ4n) is 2.78. The molecule has 0 aliphatic rings. The van der Waals surface area contributed by atoms with Gasteiger partial charge in [-0.1, -0.05) is 23.9 Å². The molecular formula is C20H23N5OS. The lowest BCUT2D eigenvalue weighted by Crippen LogP contribution is -2.15. The molecule has 6 nitrogen and oxygen atoms in total. The van der Waals surface area contributed by atoms with Crippen LogP contribution in [0.3, 0.4) is 0 Å². The Morgan fingerprint density at radius 2 is 2.04 bits per heavy atom. The lowest BCUT2D eigenvalue weighted by atomic mass is 10.1. The predicted octanol–water partition coefficient (Wildman–Crippen LogP) is 4.02. The molecule has 0 saturated heterocycles. The van der Waals surface area contributed by atoms with Crippen molar-refractivity contribution in [2.24, 2.45) is 0 Å². The molecule has 0 radical (unpaired) electrons. The maximum atomic E-state index is 12.3. The van der Waals surface area contributed by atoms with Crippen molar-refractivity contribution in [1.29, 1.82) is 0 Å². The van der Waals surface area contributed by atoms with Crippen LogP contribution in [-0.2, 0) is 11.3 Å². The molecule has 1 N–H and O–H groups in total. The Morgan fingerprint density at radius 1 is 1.22 bits per heavy atom. The molecule has 1 aromatic carbocycles. The molecule has 0 spiro atoms. The van der Waals surface area contributed by atoms with E-state index in [9.17, 15) is 4.79 Å². The average Bonchev–Trinajstić information content (AvgIpc) is 3.04. The number of hydrogen-bond acceptors (Lipinski definition) is 5. The maximum absolute atomic E-state index is 12.3. The van der Waals surface area contributed by atoms with Crippen molar-refractivity contribution >= 4 is 23.4 Å². The van der Waals surface area contributed by atoms with E-state index in [-0.39, 0.29) is 11.7 Å². The molecule has 0 saturated carbocycles. The number of carbonyl (C=O) groups is 1. The summed E-state index contributed by atoms with van der Waals surface area (Å²) in [5.41, 5.74) is 5.95. The van der Waals surface area contributed by atoms with Crippen LogP contribution < -0.4 is 5.32 Å². The second-order valence-corrected chi connectivity index (χ2v) is 7.21. The molecule has 0 bridgehead atoms. The molecule has 0 atom stereocenters. The van der Waals surface area contributed by atoms with Crippen molar-refractivity contribution in [3.8, 4) is 11.3 Å². The Morgan fingerprint density at radius 3 is 2.78 bits per heavy atom. The minimum Gasteiger partial charge on any atom is -0.325 e. The summed E-state index contributed by atoms with van der Waals surface area (Å²) in [6.45, 7) is 8.93. The fraction of sp³-hybridized carbons (Fsp3) is 0.300. The third-order valence-corrected chi connectivity index (χ3v) is 5.38. The number of anilines is 1. The molecule has 27 heavy (non-hydrogen) atoms. The number of thioether (sulfide) groups is 1. The van der Waals surface area contributed by atoms with Gasteiger partial charge in [-0.05, 0) is 51.0 Å². The summed E-state index contributed by atoms with van der Waals surface area (Å²) in [4.78, 5) is 21.2. The van der Waals surface area contributed by atoms with Crippen molar-refractivity contribution < 1.29 is 4.79 Å². The first-order valence-corrected chi connectivity index (χ1v) is 9.82. The van der Waals surface area contributed by atoms with Gasteiger partial charge in [0.15, 0.2) is 5.16 Å². The summed E-state index contributed by atoms with van der Waals surface area (Å²) < 4.78 is 1.93. The molecule has 2 aromatic heterocycles. The van der Waals surface area contributed by atoms with E-state index in [4.69, 9.17) is 0 Å². The number of nitrogens with one attached hydrogen (secondary N) is 1. The summed E-state index contributed by atoms with van der Waals surface area (Å²) >= 11 is 1.32. The zero-order chi connectivity index (χ0) is 19.4. The summed E-state index contributed by atoms with van der Waals surface area (Å²) in [6.07, 6.45) is 3.54. The number of aryl methyl sites for hydroxylation is 2. The summed E-state index contributed by atoms with van der Waals surface area (Å²) in [7, 11) is 0. The van der Waals surface area contributed by atoms with Crippen LogP contribution in [-0.4, -0.2) is 31.4 Å². The highest BCUT2D eigenvalue weighted by Crippen LogP contribution is 2.23. The maximum Gasteiger partial charge on any atom is 0.234 e. The SMILES string of the molecule is CCn1ncc(-c2ccnc(SCC(=O)Nc3cccc(C)c3C)n2)c1C. The summed E-state index contributed by atoms with van der Waals surface area (Å²) in [5.74, 6) is 0.182. The van der Waals surface area contributed by atoms with Crippen LogP contribution in [0.15, 0.2) is 41.8 Å². The van der Waals surface area contributed by atoms with Gasteiger partial charge in [-0.15, -0.1) is 0 Å². The molecular weight excluding hydrogens is 358 g/mol. The highest BCUT2D eigenvalue weighted by molar-refractivity contribution is 7.99. The highest BCUT2D eigenvalue weighted by atomic mass is 32.2. The quantitative estimate of drug-likeness (QED) is 0.516. The molecule has 0 aliphatic carbocycles. The van der Waals surface area contributed by atoms with E-state index in [1.807, 2.05) is 55.9 Å². The van der Waals surface area contributed by atoms with E-state index in [1.54, 1.807) is 6.20 Å². The van der Waals surface area contributed by atoms with E-state index >= 15 is 0 Å². The second-order valence-electron chi connectivity index (χ2n) is 6.27. The average molecular weight is 382 g/mol. The monoisotopic (exact) mass is 381 g/mol. The van der Waals surface area contributed by atoms with Gasteiger partial charge in [0, 0.05) is 29.7 Å². The van der Waals surface area contributed by atoms with Crippen LogP contribution in [0.2, 0.25) is 0 Å². The summed E-state index contributed by atoms with van der Waals surface area (Å²) in [6, 6.07) is 7.75. The number of amides is 1. The molecule has 2 heterocycles. The predicted molar refractivity (Wildman–Crippen MR) is 109 cm³/mol. The van der Waals surface area contributed by atoms with Gasteiger partial charge in [-0.2, -0.15) is 5.10 Å². The Balaban J connectivity index is 1.67. The number of aromatic nitrogens is 4. The molecule has 0 fully saturated rings. The third-order valence-electron chi connectivity index (χ3n) is 4.52. The van der Waals surface area contributed by atoms with Gasteiger partial charge in [0.05, 0.1) is 17.6 Å². The highest BCUT2D eigenvalue weighted by Gasteiger charge is 2.12. The minimum absolute atomic E-state index is 0.0716. The number of hydrogen-bond donors (Lipinski definition) is 1. The van der Waals surface area contributed by atoms with E-state index in [0.29, 0.717) is 5.16 Å². The van der Waals surface area contributed by atoms with Crippen molar-refractivity contribution in [2.75, 3.05) is 11.1 Å². The largest absolute Gasteiger partial charge is 0.325 e. The molecule has 0 aliphatic heterocycles. The Labute approximate surface area is 163 Å². The van der Waals surface area contributed by atoms with Crippen LogP contribution >= 0.6 is 11.8 Å². The molecule has 3 aromatic rings. The molecule has 7 heteroatoms. The van der Waals surface area contributed by atoms with Crippen LogP contribution in [0.5, 0.6) is 0 Å². The first-order valence-electron chi connectivity index (χ1n) is 8.84. The Kier molecular flexibility index (Phi) is 5.91. The smallest absolute Gasteiger partial charge is 0.234 e. The first-order chi connectivity index (χ1) is 13.0. The van der Waals surface area contributed by atoms with Gasteiger partial charge in [-0.25, -0.2) is 9.97 Å². The summed E-state index contributed by atoms with van der Waals surface area (Å²) in [5, 5.41) is 7.90. The fourth-order valence-corrected chi connectivity index (χ4v) is 3.41. The molecule has 3 rings (SSSR count). The number of carbonyl (C=O) groups excluding carboxylic acids is 1. The minimum atomic E-state index is -0.0716. The van der Waals surface area contributed by atoms with E-state index in [1.165, 1.54) is 11.8 Å². The molecule has 1 amide bonds. The van der Waals surface area contributed by atoms with Gasteiger partial charge in [0.25, 0.3) is 0 Å². The molecule has 0 unspecified atom stereocenters. The van der Waals surface area contributed by atoms with Gasteiger partial charge >= 0.3 is 0 Å². The van der Waals surface area contributed by atoms with Crippen LogP contribution in [0.25, 0.3) is 11.3 Å².